The number of alkyl halides is 3. The molecule has 1 saturated heterocycles. The molecule has 1 unspecified atom stereocenters. The van der Waals surface area contributed by atoms with Crippen LogP contribution in [0.15, 0.2) is 53.7 Å². The average Bonchev–Trinajstić information content (AvgIpc) is 2.87. The number of benzene rings is 2. The van der Waals surface area contributed by atoms with Gasteiger partial charge in [-0.05, 0) is 56.9 Å². The van der Waals surface area contributed by atoms with Gasteiger partial charge in [0.1, 0.15) is 5.60 Å². The molecule has 12 heteroatoms. The first-order chi connectivity index (χ1) is 16.9. The van der Waals surface area contributed by atoms with Crippen molar-refractivity contribution in [1.82, 2.24) is 10.3 Å². The number of nitrogens with one attached hydrogen (secondary N) is 2. The van der Waals surface area contributed by atoms with Gasteiger partial charge < -0.3 is 20.4 Å². The summed E-state index contributed by atoms with van der Waals surface area (Å²) in [5.74, 6) is 4.28. The fraction of sp³-hybridized carbons (Fsp3) is 0.458. The Morgan fingerprint density at radius 2 is 1.89 bits per heavy atom. The quantitative estimate of drug-likeness (QED) is 0.154. The maximum atomic E-state index is 13.2. The van der Waals surface area contributed by atoms with Gasteiger partial charge in [-0.15, -0.1) is 0 Å². The normalized spacial score (nSPS) is 23.5. The molecule has 0 radical (unpaired) electrons. The third-order valence-electron chi connectivity index (χ3n) is 6.36. The Morgan fingerprint density at radius 3 is 2.39 bits per heavy atom. The molecule has 2 aromatic carbocycles. The standard InChI is InChI=1S/C24H29F3N2O3.ClH3N2O/c1-16-11-19(13-21(12-16)24(25,26)27)17(2)32-15-22(20-7-5-4-6-8-20)9-10-23(30,14-28-22)18(3)29-31;1-3-4-2/h4-8,11-13,17,28,30-31H,9-10,14-15H2,1-3H3;3H,2H2/b29-18+;/t17-,22-,23?;/m1./s1. The zero-order chi connectivity index (χ0) is 27.0. The van der Waals surface area contributed by atoms with Gasteiger partial charge in [-0.3, -0.25) is 0 Å². The molecule has 6 N–H and O–H groups in total. The Hall–Kier alpha value is -2.25. The van der Waals surface area contributed by atoms with Crippen molar-refractivity contribution in [3.63, 3.8) is 0 Å². The van der Waals surface area contributed by atoms with E-state index >= 15 is 0 Å². The van der Waals surface area contributed by atoms with Gasteiger partial charge in [0.15, 0.2) is 0 Å². The molecule has 1 heterocycles. The lowest BCUT2D eigenvalue weighted by atomic mass is 9.76. The van der Waals surface area contributed by atoms with Crippen molar-refractivity contribution in [1.29, 1.82) is 0 Å². The maximum Gasteiger partial charge on any atom is 0.416 e. The van der Waals surface area contributed by atoms with E-state index in [2.05, 4.69) is 33.1 Å². The van der Waals surface area contributed by atoms with E-state index in [1.165, 1.54) is 0 Å². The van der Waals surface area contributed by atoms with E-state index in [9.17, 15) is 18.3 Å². The Morgan fingerprint density at radius 1 is 1.25 bits per heavy atom. The summed E-state index contributed by atoms with van der Waals surface area (Å²) in [6.45, 7) is 5.27. The van der Waals surface area contributed by atoms with Crippen LogP contribution in [0.2, 0.25) is 0 Å². The zero-order valence-electron chi connectivity index (χ0n) is 20.3. The Labute approximate surface area is 213 Å². The summed E-state index contributed by atoms with van der Waals surface area (Å²) in [7, 11) is 0. The summed E-state index contributed by atoms with van der Waals surface area (Å²) in [6.07, 6.45) is -4.17. The molecule has 36 heavy (non-hydrogen) atoms. The molecule has 1 fully saturated rings. The number of piperidine rings is 1. The number of hydrogen-bond donors (Lipinski definition) is 5. The van der Waals surface area contributed by atoms with Gasteiger partial charge in [0.05, 0.1) is 29.5 Å². The minimum Gasteiger partial charge on any atom is -0.411 e. The molecule has 1 aliphatic rings. The highest BCUT2D eigenvalue weighted by molar-refractivity contribution is 6.12. The van der Waals surface area contributed by atoms with Crippen LogP contribution in [0.5, 0.6) is 0 Å². The molecule has 0 aliphatic carbocycles. The van der Waals surface area contributed by atoms with Gasteiger partial charge in [0.2, 0.25) is 0 Å². The number of rotatable bonds is 7. The van der Waals surface area contributed by atoms with Crippen molar-refractivity contribution in [2.75, 3.05) is 13.2 Å². The summed E-state index contributed by atoms with van der Waals surface area (Å²) in [6, 6.07) is 13.5. The third-order valence-corrected chi connectivity index (χ3v) is 6.44. The fourth-order valence-electron chi connectivity index (χ4n) is 4.10. The van der Waals surface area contributed by atoms with Crippen LogP contribution in [0.25, 0.3) is 0 Å². The van der Waals surface area contributed by atoms with E-state index in [1.54, 1.807) is 31.8 Å². The summed E-state index contributed by atoms with van der Waals surface area (Å²) in [5.41, 5.74) is -0.474. The van der Waals surface area contributed by atoms with Crippen molar-refractivity contribution in [3.05, 3.63) is 70.8 Å². The van der Waals surface area contributed by atoms with Crippen LogP contribution in [0.1, 0.15) is 55.0 Å². The lowest BCUT2D eigenvalue weighted by Crippen LogP contribution is -2.60. The van der Waals surface area contributed by atoms with Crippen molar-refractivity contribution >= 4 is 17.5 Å². The lowest BCUT2D eigenvalue weighted by molar-refractivity contribution is -0.137. The topological polar surface area (TPSA) is 121 Å². The van der Waals surface area contributed by atoms with Crippen LogP contribution < -0.4 is 16.2 Å². The minimum absolute atomic E-state index is 0.151. The lowest BCUT2D eigenvalue weighted by Gasteiger charge is -2.45. The largest absolute Gasteiger partial charge is 0.416 e. The summed E-state index contributed by atoms with van der Waals surface area (Å²) < 4.78 is 45.8. The molecule has 0 spiro atoms. The minimum atomic E-state index is -4.42. The summed E-state index contributed by atoms with van der Waals surface area (Å²) >= 11 is 4.59. The summed E-state index contributed by atoms with van der Waals surface area (Å²) in [4.78, 5) is 5.24. The number of ether oxygens (including phenoxy) is 1. The van der Waals surface area contributed by atoms with Gasteiger partial charge in [0.25, 0.3) is 0 Å². The van der Waals surface area contributed by atoms with Gasteiger partial charge in [-0.2, -0.15) is 19.1 Å². The van der Waals surface area contributed by atoms with Crippen LogP contribution in [-0.4, -0.2) is 34.8 Å². The molecule has 2 aromatic rings. The highest BCUT2D eigenvalue weighted by Gasteiger charge is 2.44. The first kappa shape index (κ1) is 30.0. The number of nitrogens with zero attached hydrogens (tertiary/aromatic N) is 1. The van der Waals surface area contributed by atoms with E-state index in [0.717, 1.165) is 17.7 Å². The Bertz CT molecular complexity index is 999. The van der Waals surface area contributed by atoms with E-state index in [0.29, 0.717) is 24.0 Å². The first-order valence-electron chi connectivity index (χ1n) is 11.1. The van der Waals surface area contributed by atoms with Crippen LogP contribution in [0.4, 0.5) is 13.2 Å². The van der Waals surface area contributed by atoms with Crippen molar-refractivity contribution in [3.8, 4) is 0 Å². The van der Waals surface area contributed by atoms with E-state index < -0.39 is 29.0 Å². The first-order valence-corrected chi connectivity index (χ1v) is 11.5. The van der Waals surface area contributed by atoms with E-state index in [-0.39, 0.29) is 18.9 Å². The molecular weight excluding hydrogens is 501 g/mol. The molecule has 0 amide bonds. The molecule has 0 saturated carbocycles. The monoisotopic (exact) mass is 532 g/mol. The molecule has 0 bridgehead atoms. The van der Waals surface area contributed by atoms with Gasteiger partial charge in [-0.1, -0.05) is 52.1 Å². The number of β-amino-alcohol motifs (C(OH)–C–C–N with tert-alkyl or cyclic N) is 1. The molecule has 1 aliphatic heterocycles. The van der Waals surface area contributed by atoms with E-state index in [1.807, 2.05) is 30.3 Å². The number of aliphatic hydroxyl groups is 1. The van der Waals surface area contributed by atoms with Gasteiger partial charge in [0, 0.05) is 18.3 Å². The van der Waals surface area contributed by atoms with Crippen molar-refractivity contribution < 1.29 is 33.2 Å². The number of hydrogen-bond acceptors (Lipinski definition) is 8. The molecule has 3 atom stereocenters. The van der Waals surface area contributed by atoms with E-state index in [4.69, 9.17) is 9.94 Å². The zero-order valence-corrected chi connectivity index (χ0v) is 21.0. The SMILES string of the molecule is C/C(=N\O)C1(O)CC[C@@](CO[C@H](C)c2cc(C)cc(C(F)(F)F)c2)(c2ccccc2)NC1.NONCl. The van der Waals surface area contributed by atoms with Gasteiger partial charge in [-0.25, -0.2) is 4.94 Å². The van der Waals surface area contributed by atoms with Crippen molar-refractivity contribution in [2.24, 2.45) is 11.1 Å². The molecule has 3 rings (SSSR count). The van der Waals surface area contributed by atoms with Crippen LogP contribution in [0.3, 0.4) is 0 Å². The number of halogens is 4. The second kappa shape index (κ2) is 12.8. The second-order valence-electron chi connectivity index (χ2n) is 8.80. The predicted molar refractivity (Wildman–Crippen MR) is 130 cm³/mol. The summed E-state index contributed by atoms with van der Waals surface area (Å²) in [5, 5.41) is 26.4. The number of nitrogens with two attached hydrogens (primary N) is 1. The molecule has 8 nitrogen and oxygen atoms in total. The number of aryl methyl sites for hydroxylation is 1. The third kappa shape index (κ3) is 7.62. The fourth-order valence-corrected chi connectivity index (χ4v) is 4.10. The van der Waals surface area contributed by atoms with Gasteiger partial charge >= 0.3 is 6.18 Å². The highest BCUT2D eigenvalue weighted by atomic mass is 35.5. The van der Waals surface area contributed by atoms with Crippen molar-refractivity contribution in [2.45, 2.75) is 57.0 Å². The predicted octanol–water partition coefficient (Wildman–Crippen LogP) is 4.49. The Balaban J connectivity index is 0.00000106. The average molecular weight is 533 g/mol. The number of oxime groups is 1. The second-order valence-corrected chi connectivity index (χ2v) is 8.95. The van der Waals surface area contributed by atoms with Crippen LogP contribution in [0, 0.1) is 6.92 Å². The molecular formula is C24H32ClF3N4O4. The maximum absolute atomic E-state index is 13.2. The highest BCUT2D eigenvalue weighted by Crippen LogP contribution is 2.37. The van der Waals surface area contributed by atoms with Crippen LogP contribution in [-0.2, 0) is 21.4 Å². The smallest absolute Gasteiger partial charge is 0.411 e. The van der Waals surface area contributed by atoms with Crippen LogP contribution >= 0.6 is 11.8 Å². The molecule has 200 valence electrons. The Kier molecular flexibility index (Phi) is 10.7. The molecule has 0 aromatic heterocycles.